The van der Waals surface area contributed by atoms with Crippen molar-refractivity contribution in [2.75, 3.05) is 55.5 Å². The lowest BCUT2D eigenvalue weighted by Crippen LogP contribution is -2.37. The predicted octanol–water partition coefficient (Wildman–Crippen LogP) is 1.17. The van der Waals surface area contributed by atoms with Crippen LogP contribution in [0.1, 0.15) is 10.4 Å². The normalized spacial score (nSPS) is 14.3. The van der Waals surface area contributed by atoms with Gasteiger partial charge in [0, 0.05) is 33.4 Å². The number of ether oxygens (including phenoxy) is 1. The SMILES string of the molecule is CN(C)c1nc(N2CCOCC2)ncc1NC(=O)c1ccncc1F. The third-order valence-corrected chi connectivity index (χ3v) is 3.74. The number of rotatable bonds is 4. The van der Waals surface area contributed by atoms with E-state index in [0.717, 1.165) is 6.20 Å². The summed E-state index contributed by atoms with van der Waals surface area (Å²) in [5, 5.41) is 2.66. The highest BCUT2D eigenvalue weighted by Crippen LogP contribution is 2.24. The van der Waals surface area contributed by atoms with Gasteiger partial charge < -0.3 is 19.9 Å². The minimum atomic E-state index is -0.683. The van der Waals surface area contributed by atoms with E-state index in [1.165, 1.54) is 18.5 Å². The molecular formula is C16H19FN6O2. The molecule has 25 heavy (non-hydrogen) atoms. The van der Waals surface area contributed by atoms with Gasteiger partial charge in [-0.1, -0.05) is 0 Å². The molecule has 1 aliphatic rings. The van der Waals surface area contributed by atoms with E-state index in [4.69, 9.17) is 4.74 Å². The highest BCUT2D eigenvalue weighted by Gasteiger charge is 2.19. The summed E-state index contributed by atoms with van der Waals surface area (Å²) < 4.78 is 19.1. The van der Waals surface area contributed by atoms with Crippen molar-refractivity contribution in [1.82, 2.24) is 15.0 Å². The van der Waals surface area contributed by atoms with Crippen LogP contribution in [-0.2, 0) is 4.74 Å². The van der Waals surface area contributed by atoms with Crippen LogP contribution in [0.4, 0.5) is 21.8 Å². The fraction of sp³-hybridized carbons (Fsp3) is 0.375. The molecule has 8 nitrogen and oxygen atoms in total. The van der Waals surface area contributed by atoms with E-state index < -0.39 is 11.7 Å². The Bertz CT molecular complexity index is 764. The van der Waals surface area contributed by atoms with E-state index >= 15 is 0 Å². The number of hydrogen-bond donors (Lipinski definition) is 1. The number of carbonyl (C=O) groups is 1. The first-order valence-electron chi connectivity index (χ1n) is 7.84. The van der Waals surface area contributed by atoms with Gasteiger partial charge in [-0.3, -0.25) is 9.78 Å². The molecule has 2 aromatic rings. The highest BCUT2D eigenvalue weighted by atomic mass is 19.1. The Labute approximate surface area is 144 Å². The molecule has 9 heteroatoms. The second kappa shape index (κ2) is 7.39. The second-order valence-corrected chi connectivity index (χ2v) is 5.71. The predicted molar refractivity (Wildman–Crippen MR) is 91.5 cm³/mol. The number of halogens is 1. The van der Waals surface area contributed by atoms with Crippen molar-refractivity contribution in [3.05, 3.63) is 36.0 Å². The van der Waals surface area contributed by atoms with Gasteiger partial charge in [0.15, 0.2) is 11.6 Å². The summed E-state index contributed by atoms with van der Waals surface area (Å²) in [6, 6.07) is 1.32. The fourth-order valence-corrected chi connectivity index (χ4v) is 2.46. The third kappa shape index (κ3) is 3.82. The van der Waals surface area contributed by atoms with E-state index in [-0.39, 0.29) is 5.56 Å². The molecule has 2 aromatic heterocycles. The molecule has 1 aliphatic heterocycles. The zero-order chi connectivity index (χ0) is 17.8. The van der Waals surface area contributed by atoms with Crippen LogP contribution in [0.5, 0.6) is 0 Å². The van der Waals surface area contributed by atoms with Gasteiger partial charge in [0.1, 0.15) is 5.69 Å². The maximum absolute atomic E-state index is 13.7. The average Bonchev–Trinajstić information content (AvgIpc) is 2.63. The standard InChI is InChI=1S/C16H19FN6O2/c1-22(2)14-13(20-15(24)11-3-4-18-9-12(11)17)10-19-16(21-14)23-5-7-25-8-6-23/h3-4,9-10H,5-8H2,1-2H3,(H,20,24). The zero-order valence-corrected chi connectivity index (χ0v) is 14.1. The van der Waals surface area contributed by atoms with Crippen molar-refractivity contribution >= 4 is 23.4 Å². The maximum atomic E-state index is 13.7. The van der Waals surface area contributed by atoms with Gasteiger partial charge in [-0.05, 0) is 6.07 Å². The Morgan fingerprint density at radius 1 is 1.32 bits per heavy atom. The number of nitrogens with zero attached hydrogens (tertiary/aromatic N) is 5. The summed E-state index contributed by atoms with van der Waals surface area (Å²) in [6.45, 7) is 2.67. The van der Waals surface area contributed by atoms with Crippen molar-refractivity contribution in [1.29, 1.82) is 0 Å². The molecule has 0 spiro atoms. The minimum absolute atomic E-state index is 0.0861. The van der Waals surface area contributed by atoms with Crippen LogP contribution < -0.4 is 15.1 Å². The maximum Gasteiger partial charge on any atom is 0.258 e. The van der Waals surface area contributed by atoms with Crippen LogP contribution in [0.25, 0.3) is 0 Å². The molecule has 0 aliphatic carbocycles. The van der Waals surface area contributed by atoms with Gasteiger partial charge in [-0.15, -0.1) is 0 Å². The highest BCUT2D eigenvalue weighted by molar-refractivity contribution is 6.05. The van der Waals surface area contributed by atoms with Crippen LogP contribution in [0.2, 0.25) is 0 Å². The molecular weight excluding hydrogens is 327 g/mol. The Morgan fingerprint density at radius 3 is 2.76 bits per heavy atom. The molecule has 3 heterocycles. The Hall–Kier alpha value is -2.81. The number of carbonyl (C=O) groups excluding carboxylic acids is 1. The summed E-state index contributed by atoms with van der Waals surface area (Å²) in [7, 11) is 3.63. The van der Waals surface area contributed by atoms with Gasteiger partial charge in [0.2, 0.25) is 5.95 Å². The van der Waals surface area contributed by atoms with Gasteiger partial charge in [-0.25, -0.2) is 9.37 Å². The Balaban J connectivity index is 1.85. The lowest BCUT2D eigenvalue weighted by molar-refractivity contribution is 0.102. The number of anilines is 3. The molecule has 0 aromatic carbocycles. The quantitative estimate of drug-likeness (QED) is 0.889. The first-order valence-corrected chi connectivity index (χ1v) is 7.84. The third-order valence-electron chi connectivity index (χ3n) is 3.74. The second-order valence-electron chi connectivity index (χ2n) is 5.71. The van der Waals surface area contributed by atoms with E-state index in [1.54, 1.807) is 4.90 Å². The minimum Gasteiger partial charge on any atom is -0.378 e. The molecule has 0 saturated carbocycles. The smallest absolute Gasteiger partial charge is 0.258 e. The van der Waals surface area contributed by atoms with Gasteiger partial charge in [0.25, 0.3) is 5.91 Å². The summed E-state index contributed by atoms with van der Waals surface area (Å²) in [5.74, 6) is -0.151. The number of nitrogens with one attached hydrogen (secondary N) is 1. The summed E-state index contributed by atoms with van der Waals surface area (Å²) in [5.41, 5.74) is 0.320. The zero-order valence-electron chi connectivity index (χ0n) is 14.1. The first kappa shape index (κ1) is 17.0. The van der Waals surface area contributed by atoms with Crippen LogP contribution >= 0.6 is 0 Å². The van der Waals surface area contributed by atoms with E-state index in [2.05, 4.69) is 20.3 Å². The lowest BCUT2D eigenvalue weighted by atomic mass is 10.2. The van der Waals surface area contributed by atoms with Crippen molar-refractivity contribution in [3.8, 4) is 0 Å². The van der Waals surface area contributed by atoms with Gasteiger partial charge in [-0.2, -0.15) is 4.98 Å². The molecule has 0 radical (unpaired) electrons. The number of aromatic nitrogens is 3. The Kier molecular flexibility index (Phi) is 5.03. The molecule has 1 N–H and O–H groups in total. The lowest BCUT2D eigenvalue weighted by Gasteiger charge is -2.28. The average molecular weight is 346 g/mol. The molecule has 1 fully saturated rings. The molecule has 1 amide bonds. The summed E-state index contributed by atoms with van der Waals surface area (Å²) in [4.78, 5) is 28.6. The van der Waals surface area contributed by atoms with Crippen LogP contribution in [-0.4, -0.2) is 61.3 Å². The van der Waals surface area contributed by atoms with Crippen LogP contribution in [0, 0.1) is 5.82 Å². The number of amides is 1. The van der Waals surface area contributed by atoms with E-state index in [1.807, 2.05) is 19.0 Å². The van der Waals surface area contributed by atoms with E-state index in [0.29, 0.717) is 43.8 Å². The monoisotopic (exact) mass is 346 g/mol. The topological polar surface area (TPSA) is 83.5 Å². The van der Waals surface area contributed by atoms with Crippen molar-refractivity contribution in [2.45, 2.75) is 0 Å². The molecule has 0 bridgehead atoms. The van der Waals surface area contributed by atoms with Crippen molar-refractivity contribution in [3.63, 3.8) is 0 Å². The van der Waals surface area contributed by atoms with Gasteiger partial charge >= 0.3 is 0 Å². The summed E-state index contributed by atoms with van der Waals surface area (Å²) in [6.07, 6.45) is 3.90. The van der Waals surface area contributed by atoms with Crippen LogP contribution in [0.3, 0.4) is 0 Å². The van der Waals surface area contributed by atoms with Crippen LogP contribution in [0.15, 0.2) is 24.7 Å². The largest absolute Gasteiger partial charge is 0.378 e. The number of morpholine rings is 1. The molecule has 132 valence electrons. The summed E-state index contributed by atoms with van der Waals surface area (Å²) >= 11 is 0. The first-order chi connectivity index (χ1) is 12.1. The van der Waals surface area contributed by atoms with Crippen molar-refractivity contribution in [2.24, 2.45) is 0 Å². The fourth-order valence-electron chi connectivity index (χ4n) is 2.46. The number of hydrogen-bond acceptors (Lipinski definition) is 7. The Morgan fingerprint density at radius 2 is 2.08 bits per heavy atom. The molecule has 0 unspecified atom stereocenters. The van der Waals surface area contributed by atoms with Crippen molar-refractivity contribution < 1.29 is 13.9 Å². The van der Waals surface area contributed by atoms with E-state index in [9.17, 15) is 9.18 Å². The molecule has 3 rings (SSSR count). The number of pyridine rings is 1. The molecule has 0 atom stereocenters. The molecule has 1 saturated heterocycles. The van der Waals surface area contributed by atoms with Gasteiger partial charge in [0.05, 0.1) is 31.2 Å².